The van der Waals surface area contributed by atoms with Gasteiger partial charge in [-0.3, -0.25) is 4.79 Å². The second kappa shape index (κ2) is 5.03. The molecule has 2 aliphatic heterocycles. The summed E-state index contributed by atoms with van der Waals surface area (Å²) in [5.74, 6) is 0.128. The molecule has 4 rings (SSSR count). The van der Waals surface area contributed by atoms with Gasteiger partial charge in [0.25, 0.3) is 0 Å². The van der Waals surface area contributed by atoms with Gasteiger partial charge in [0.1, 0.15) is 5.78 Å². The lowest BCUT2D eigenvalue weighted by atomic mass is 9.79. The van der Waals surface area contributed by atoms with Crippen LogP contribution in [0.1, 0.15) is 25.7 Å². The molecule has 0 unspecified atom stereocenters. The lowest BCUT2D eigenvalue weighted by molar-refractivity contribution is -0.124. The smallest absolute Gasteiger partial charge is 0.205 e. The third-order valence-corrected chi connectivity index (χ3v) is 6.94. The third kappa shape index (κ3) is 1.99. The van der Waals surface area contributed by atoms with Gasteiger partial charge >= 0.3 is 0 Å². The molecule has 4 nitrogen and oxygen atoms in total. The molecule has 0 amide bonds. The average molecular weight is 318 g/mol. The van der Waals surface area contributed by atoms with E-state index >= 15 is 0 Å². The fourth-order valence-electron chi connectivity index (χ4n) is 4.04. The first-order valence-electron chi connectivity index (χ1n) is 7.79. The molecule has 1 aromatic rings. The molecular formula is C17H18O4S. The molecule has 2 bridgehead atoms. The van der Waals surface area contributed by atoms with Crippen LogP contribution in [0.4, 0.5) is 0 Å². The molecule has 4 atom stereocenters. The Labute approximate surface area is 130 Å². The van der Waals surface area contributed by atoms with Crippen LogP contribution in [0.25, 0.3) is 0 Å². The topological polar surface area (TPSA) is 60.4 Å². The Hall–Kier alpha value is -1.46. The zero-order valence-corrected chi connectivity index (χ0v) is 13.0. The Bertz CT molecular complexity index is 735. The van der Waals surface area contributed by atoms with Crippen LogP contribution in [-0.2, 0) is 19.4 Å². The van der Waals surface area contributed by atoms with Crippen LogP contribution in [0.2, 0.25) is 0 Å². The van der Waals surface area contributed by atoms with Gasteiger partial charge in [-0.2, -0.15) is 0 Å². The number of Topliss-reactive ketones (excluding diaryl/α,β-unsaturated/α-hetero) is 1. The Kier molecular flexibility index (Phi) is 3.24. The van der Waals surface area contributed by atoms with Crippen molar-refractivity contribution in [3.05, 3.63) is 41.3 Å². The van der Waals surface area contributed by atoms with E-state index in [-0.39, 0.29) is 23.7 Å². The average Bonchev–Trinajstić information content (AvgIpc) is 3.05. The molecule has 2 fully saturated rings. The van der Waals surface area contributed by atoms with Crippen molar-refractivity contribution in [2.24, 2.45) is 11.8 Å². The van der Waals surface area contributed by atoms with Gasteiger partial charge in [-0.25, -0.2) is 8.42 Å². The van der Waals surface area contributed by atoms with Crippen molar-refractivity contribution in [2.45, 2.75) is 42.8 Å². The minimum Gasteiger partial charge on any atom is -0.364 e. The molecule has 0 aromatic heterocycles. The first kappa shape index (κ1) is 14.2. The number of ether oxygens (including phenoxy) is 1. The van der Waals surface area contributed by atoms with Crippen LogP contribution in [-0.4, -0.2) is 26.4 Å². The predicted molar refractivity (Wildman–Crippen MR) is 80.8 cm³/mol. The van der Waals surface area contributed by atoms with Crippen molar-refractivity contribution in [3.8, 4) is 0 Å². The molecule has 0 radical (unpaired) electrons. The van der Waals surface area contributed by atoms with E-state index in [9.17, 15) is 13.2 Å². The van der Waals surface area contributed by atoms with Crippen molar-refractivity contribution in [2.75, 3.05) is 0 Å². The maximum absolute atomic E-state index is 12.8. The monoisotopic (exact) mass is 318 g/mol. The number of carbonyl (C=O) groups is 1. The van der Waals surface area contributed by atoms with Gasteiger partial charge in [-0.15, -0.1) is 0 Å². The van der Waals surface area contributed by atoms with E-state index in [4.69, 9.17) is 4.74 Å². The number of hydrogen-bond acceptors (Lipinski definition) is 4. The summed E-state index contributed by atoms with van der Waals surface area (Å²) in [6.45, 7) is 0. The second-order valence-electron chi connectivity index (χ2n) is 6.31. The van der Waals surface area contributed by atoms with Crippen molar-refractivity contribution in [1.29, 1.82) is 0 Å². The molecule has 3 aliphatic rings. The van der Waals surface area contributed by atoms with Crippen LogP contribution in [0.5, 0.6) is 0 Å². The van der Waals surface area contributed by atoms with Crippen LogP contribution >= 0.6 is 0 Å². The number of sulfone groups is 1. The predicted octanol–water partition coefficient (Wildman–Crippen LogP) is 2.50. The van der Waals surface area contributed by atoms with Crippen molar-refractivity contribution in [1.82, 2.24) is 0 Å². The van der Waals surface area contributed by atoms with E-state index in [1.165, 1.54) is 0 Å². The number of ketones is 1. The fraction of sp³-hybridized carbons (Fsp3) is 0.471. The zero-order valence-electron chi connectivity index (χ0n) is 12.1. The molecule has 1 saturated carbocycles. The normalized spacial score (nSPS) is 34.2. The van der Waals surface area contributed by atoms with Gasteiger partial charge in [0.2, 0.25) is 9.84 Å². The van der Waals surface area contributed by atoms with Crippen LogP contribution in [0.15, 0.2) is 46.2 Å². The van der Waals surface area contributed by atoms with Gasteiger partial charge in [-0.05, 0) is 31.1 Å². The Morgan fingerprint density at radius 3 is 2.64 bits per heavy atom. The summed E-state index contributed by atoms with van der Waals surface area (Å²) in [7, 11) is -3.52. The van der Waals surface area contributed by atoms with Crippen molar-refractivity contribution in [3.63, 3.8) is 0 Å². The minimum atomic E-state index is -3.52. The second-order valence-corrected chi connectivity index (χ2v) is 8.26. The summed E-state index contributed by atoms with van der Waals surface area (Å²) in [4.78, 5) is 12.9. The SMILES string of the molecule is O=C1CCCC[C@@H]2[C@H]1[C@H]1C=C(S(=O)(=O)c3ccccc3)[C@@H]2O1. The highest BCUT2D eigenvalue weighted by atomic mass is 32.2. The van der Waals surface area contributed by atoms with E-state index in [1.54, 1.807) is 36.4 Å². The third-order valence-electron chi connectivity index (χ3n) is 5.06. The van der Waals surface area contributed by atoms with Gasteiger partial charge < -0.3 is 4.74 Å². The molecule has 5 heteroatoms. The van der Waals surface area contributed by atoms with Gasteiger partial charge in [0.05, 0.1) is 27.9 Å². The summed E-state index contributed by atoms with van der Waals surface area (Å²) >= 11 is 0. The lowest BCUT2D eigenvalue weighted by Crippen LogP contribution is -2.33. The largest absolute Gasteiger partial charge is 0.364 e. The molecule has 22 heavy (non-hydrogen) atoms. The maximum Gasteiger partial charge on any atom is 0.205 e. The summed E-state index contributed by atoms with van der Waals surface area (Å²) in [6, 6.07) is 8.46. The van der Waals surface area contributed by atoms with Gasteiger partial charge in [0, 0.05) is 12.3 Å². The van der Waals surface area contributed by atoms with E-state index in [0.29, 0.717) is 16.2 Å². The highest BCUT2D eigenvalue weighted by Gasteiger charge is 2.55. The number of carbonyl (C=O) groups excluding carboxylic acids is 1. The molecule has 0 N–H and O–H groups in total. The minimum absolute atomic E-state index is 0.0264. The summed E-state index contributed by atoms with van der Waals surface area (Å²) in [5.41, 5.74) is 0. The standard InChI is InChI=1S/C17H18O4S/c18-13-9-5-4-8-12-16(13)14-10-15(17(12)21-14)22(19,20)11-6-2-1-3-7-11/h1-3,6-7,10,12,14,16-17H,4-5,8-9H2/t12-,14-,16-,17-/m1/s1. The van der Waals surface area contributed by atoms with Crippen molar-refractivity contribution >= 4 is 15.6 Å². The molecule has 1 aliphatic carbocycles. The van der Waals surface area contributed by atoms with E-state index in [2.05, 4.69) is 0 Å². The Morgan fingerprint density at radius 1 is 1.09 bits per heavy atom. The van der Waals surface area contributed by atoms with E-state index < -0.39 is 15.9 Å². The number of hydrogen-bond donors (Lipinski definition) is 0. The van der Waals surface area contributed by atoms with Crippen LogP contribution < -0.4 is 0 Å². The van der Waals surface area contributed by atoms with E-state index in [0.717, 1.165) is 19.3 Å². The molecule has 1 saturated heterocycles. The maximum atomic E-state index is 12.8. The fourth-order valence-corrected chi connectivity index (χ4v) is 5.68. The number of rotatable bonds is 2. The lowest BCUT2D eigenvalue weighted by Gasteiger charge is -2.25. The molecule has 116 valence electrons. The number of fused-ring (bicyclic) bond motifs is 5. The number of benzene rings is 1. The van der Waals surface area contributed by atoms with E-state index in [1.807, 2.05) is 0 Å². The first-order valence-corrected chi connectivity index (χ1v) is 9.27. The Morgan fingerprint density at radius 2 is 1.86 bits per heavy atom. The van der Waals surface area contributed by atoms with Crippen LogP contribution in [0.3, 0.4) is 0 Å². The highest BCUT2D eigenvalue weighted by molar-refractivity contribution is 7.95. The van der Waals surface area contributed by atoms with Gasteiger partial charge in [0.15, 0.2) is 0 Å². The highest BCUT2D eigenvalue weighted by Crippen LogP contribution is 2.49. The first-order chi connectivity index (χ1) is 10.6. The molecule has 0 spiro atoms. The summed E-state index contributed by atoms with van der Waals surface area (Å²) < 4.78 is 31.5. The molecule has 2 heterocycles. The Balaban J connectivity index is 1.73. The molecule has 1 aromatic carbocycles. The quantitative estimate of drug-likeness (QED) is 0.840. The van der Waals surface area contributed by atoms with Crippen LogP contribution in [0, 0.1) is 11.8 Å². The summed E-state index contributed by atoms with van der Waals surface area (Å²) in [5, 5.41) is 0. The summed E-state index contributed by atoms with van der Waals surface area (Å²) in [6.07, 6.45) is 4.24. The molecular weight excluding hydrogens is 300 g/mol. The zero-order chi connectivity index (χ0) is 15.3. The van der Waals surface area contributed by atoms with Gasteiger partial charge in [-0.1, -0.05) is 24.6 Å². The van der Waals surface area contributed by atoms with Crippen molar-refractivity contribution < 1.29 is 17.9 Å².